The zero-order valence-corrected chi connectivity index (χ0v) is 20.8. The smallest absolute Gasteiger partial charge is 0.263 e. The molecule has 176 valence electrons. The van der Waals surface area contributed by atoms with Crippen LogP contribution in [0.3, 0.4) is 0 Å². The van der Waals surface area contributed by atoms with Crippen molar-refractivity contribution in [3.8, 4) is 0 Å². The summed E-state index contributed by atoms with van der Waals surface area (Å²) in [6.45, 7) is 7.24. The molecule has 0 aliphatic rings. The molecule has 0 saturated heterocycles. The Hall–Kier alpha value is -3.50. The minimum absolute atomic E-state index is 0.0486. The van der Waals surface area contributed by atoms with Crippen molar-refractivity contribution < 1.29 is 16.8 Å². The van der Waals surface area contributed by atoms with Crippen LogP contribution in [0.2, 0.25) is 0 Å². The molecule has 0 unspecified atom stereocenters. The summed E-state index contributed by atoms with van der Waals surface area (Å²) in [6, 6.07) is 16.0. The number of hydrogen-bond donors (Lipinski definition) is 2. The molecule has 0 spiro atoms. The Kier molecular flexibility index (Phi) is 6.05. The molecule has 0 radical (unpaired) electrons. The molecule has 10 heteroatoms. The molecular weight excluding hydrogens is 472 g/mol. The van der Waals surface area contributed by atoms with Crippen molar-refractivity contribution in [2.75, 3.05) is 9.44 Å². The van der Waals surface area contributed by atoms with E-state index >= 15 is 0 Å². The number of anilines is 2. The van der Waals surface area contributed by atoms with Gasteiger partial charge in [0.05, 0.1) is 9.79 Å². The van der Waals surface area contributed by atoms with E-state index in [-0.39, 0.29) is 32.2 Å². The van der Waals surface area contributed by atoms with Gasteiger partial charge in [0.2, 0.25) is 0 Å². The molecule has 0 saturated carbocycles. The van der Waals surface area contributed by atoms with Crippen molar-refractivity contribution >= 4 is 42.5 Å². The maximum atomic E-state index is 13.2. The summed E-state index contributed by atoms with van der Waals surface area (Å²) < 4.78 is 58.0. The van der Waals surface area contributed by atoms with Gasteiger partial charge in [-0.15, -0.1) is 0 Å². The topological polar surface area (TPSA) is 118 Å². The highest BCUT2D eigenvalue weighted by Crippen LogP contribution is 2.30. The summed E-state index contributed by atoms with van der Waals surface area (Å²) in [5, 5.41) is 0.547. The third-order valence-electron chi connectivity index (χ3n) is 5.09. The van der Waals surface area contributed by atoms with Crippen LogP contribution in [0.25, 0.3) is 10.8 Å². The molecule has 4 aromatic rings. The van der Waals surface area contributed by atoms with E-state index in [4.69, 9.17) is 0 Å². The van der Waals surface area contributed by atoms with E-state index in [1.54, 1.807) is 38.1 Å². The van der Waals surface area contributed by atoms with Crippen molar-refractivity contribution in [1.29, 1.82) is 0 Å². The summed E-state index contributed by atoms with van der Waals surface area (Å²) in [6.07, 6.45) is 0. The van der Waals surface area contributed by atoms with Gasteiger partial charge in [0.1, 0.15) is 11.6 Å². The van der Waals surface area contributed by atoms with Crippen LogP contribution < -0.4 is 9.44 Å². The first kappa shape index (κ1) is 23.7. The Morgan fingerprint density at radius 2 is 0.971 bits per heavy atom. The Morgan fingerprint density at radius 1 is 0.588 bits per heavy atom. The number of hydrogen-bond acceptors (Lipinski definition) is 6. The van der Waals surface area contributed by atoms with Crippen LogP contribution in [0.15, 0.2) is 70.5 Å². The lowest BCUT2D eigenvalue weighted by Crippen LogP contribution is -2.16. The number of sulfonamides is 2. The average Bonchev–Trinajstić information content (AvgIpc) is 2.70. The molecule has 34 heavy (non-hydrogen) atoms. The Labute approximate surface area is 199 Å². The maximum absolute atomic E-state index is 13.2. The summed E-state index contributed by atoms with van der Waals surface area (Å²) in [4.78, 5) is 8.38. The summed E-state index contributed by atoms with van der Waals surface area (Å²) >= 11 is 0. The first-order valence-corrected chi connectivity index (χ1v) is 13.4. The number of aromatic nitrogens is 2. The maximum Gasteiger partial charge on any atom is 0.263 e. The molecule has 2 heterocycles. The lowest BCUT2D eigenvalue weighted by molar-refractivity contribution is 0.599. The van der Waals surface area contributed by atoms with Crippen molar-refractivity contribution in [2.24, 2.45) is 0 Å². The van der Waals surface area contributed by atoms with Crippen LogP contribution >= 0.6 is 0 Å². The molecule has 0 amide bonds. The van der Waals surface area contributed by atoms with E-state index in [1.807, 2.05) is 26.0 Å². The number of aryl methyl sites for hydroxylation is 4. The van der Waals surface area contributed by atoms with Crippen molar-refractivity contribution in [1.82, 2.24) is 9.97 Å². The van der Waals surface area contributed by atoms with Crippen molar-refractivity contribution in [3.63, 3.8) is 0 Å². The van der Waals surface area contributed by atoms with Gasteiger partial charge < -0.3 is 0 Å². The number of rotatable bonds is 6. The quantitative estimate of drug-likeness (QED) is 0.407. The highest BCUT2D eigenvalue weighted by atomic mass is 32.2. The van der Waals surface area contributed by atoms with Gasteiger partial charge in [-0.25, -0.2) is 26.8 Å². The minimum Gasteiger partial charge on any atom is -0.263 e. The van der Waals surface area contributed by atoms with Crippen LogP contribution in [0.5, 0.6) is 0 Å². The van der Waals surface area contributed by atoms with E-state index in [9.17, 15) is 16.8 Å². The molecule has 0 atom stereocenters. The second-order valence-corrected chi connectivity index (χ2v) is 11.5. The fraction of sp³-hybridized carbons (Fsp3) is 0.167. The van der Waals surface area contributed by atoms with E-state index in [2.05, 4.69) is 19.4 Å². The fourth-order valence-electron chi connectivity index (χ4n) is 3.89. The molecule has 2 aromatic heterocycles. The van der Waals surface area contributed by atoms with Gasteiger partial charge in [0.25, 0.3) is 20.0 Å². The third kappa shape index (κ3) is 4.87. The predicted molar refractivity (Wildman–Crippen MR) is 133 cm³/mol. The van der Waals surface area contributed by atoms with Crippen LogP contribution in [0, 0.1) is 27.7 Å². The molecule has 8 nitrogen and oxygen atoms in total. The standard InChI is InChI=1S/C24H24N4O4S2/c1-15-11-17(3)25-23(13-15)27-33(29,30)21-9-5-8-20-19(21)7-6-10-22(20)34(31,32)28-24-14-16(2)12-18(4)26-24/h5-14H,1-4H3,(H,25,27)(H,26,28). The first-order valence-electron chi connectivity index (χ1n) is 10.4. The van der Waals surface area contributed by atoms with Gasteiger partial charge in [-0.2, -0.15) is 0 Å². The number of fused-ring (bicyclic) bond motifs is 1. The van der Waals surface area contributed by atoms with E-state index < -0.39 is 20.0 Å². The number of pyridine rings is 2. The third-order valence-corrected chi connectivity index (χ3v) is 7.92. The van der Waals surface area contributed by atoms with Crippen molar-refractivity contribution in [2.45, 2.75) is 37.5 Å². The number of nitrogens with zero attached hydrogens (tertiary/aromatic N) is 2. The van der Waals surface area contributed by atoms with Gasteiger partial charge in [-0.05, 0) is 75.2 Å². The van der Waals surface area contributed by atoms with Gasteiger partial charge in [0.15, 0.2) is 0 Å². The molecule has 0 aliphatic carbocycles. The molecule has 0 bridgehead atoms. The molecule has 4 rings (SSSR count). The van der Waals surface area contributed by atoms with Crippen LogP contribution in [0.1, 0.15) is 22.5 Å². The average molecular weight is 497 g/mol. The van der Waals surface area contributed by atoms with E-state index in [0.717, 1.165) is 11.1 Å². The predicted octanol–water partition coefficient (Wildman–Crippen LogP) is 4.47. The first-order chi connectivity index (χ1) is 15.9. The highest BCUT2D eigenvalue weighted by Gasteiger charge is 2.23. The largest absolute Gasteiger partial charge is 0.263 e. The van der Waals surface area contributed by atoms with Crippen LogP contribution in [-0.4, -0.2) is 26.8 Å². The second-order valence-electron chi connectivity index (χ2n) is 8.16. The lowest BCUT2D eigenvalue weighted by atomic mass is 10.1. The highest BCUT2D eigenvalue weighted by molar-refractivity contribution is 7.93. The summed E-state index contributed by atoms with van der Waals surface area (Å²) in [5.74, 6) is 0.390. The zero-order chi connectivity index (χ0) is 24.7. The van der Waals surface area contributed by atoms with Crippen LogP contribution in [0.4, 0.5) is 11.6 Å². The Morgan fingerprint density at radius 3 is 1.32 bits per heavy atom. The Bertz CT molecular complexity index is 1470. The normalized spacial score (nSPS) is 12.0. The SMILES string of the molecule is Cc1cc(C)nc(NS(=O)(=O)c2cccc3c(S(=O)(=O)Nc4cc(C)cc(C)n4)cccc23)c1. The van der Waals surface area contributed by atoms with Gasteiger partial charge >= 0.3 is 0 Å². The fourth-order valence-corrected chi connectivity index (χ4v) is 6.32. The van der Waals surface area contributed by atoms with E-state index in [1.165, 1.54) is 24.3 Å². The molecule has 0 aliphatic heterocycles. The monoisotopic (exact) mass is 496 g/mol. The Balaban J connectivity index is 1.79. The van der Waals surface area contributed by atoms with Gasteiger partial charge in [-0.3, -0.25) is 9.44 Å². The lowest BCUT2D eigenvalue weighted by Gasteiger charge is -2.14. The number of nitrogens with one attached hydrogen (secondary N) is 2. The second kappa shape index (κ2) is 8.69. The van der Waals surface area contributed by atoms with Crippen molar-refractivity contribution in [3.05, 3.63) is 83.2 Å². The van der Waals surface area contributed by atoms with Crippen LogP contribution in [-0.2, 0) is 20.0 Å². The molecule has 0 fully saturated rings. The molecular formula is C24H24N4O4S2. The van der Waals surface area contributed by atoms with E-state index in [0.29, 0.717) is 11.4 Å². The summed E-state index contributed by atoms with van der Waals surface area (Å²) in [7, 11) is -8.09. The summed E-state index contributed by atoms with van der Waals surface area (Å²) in [5.41, 5.74) is 3.08. The van der Waals surface area contributed by atoms with Gasteiger partial charge in [-0.1, -0.05) is 24.3 Å². The zero-order valence-electron chi connectivity index (χ0n) is 19.1. The molecule has 2 N–H and O–H groups in total. The minimum atomic E-state index is -4.05. The number of benzene rings is 2. The van der Waals surface area contributed by atoms with Gasteiger partial charge in [0, 0.05) is 22.2 Å². The molecule has 2 aromatic carbocycles.